The van der Waals surface area contributed by atoms with Crippen LogP contribution in [0.5, 0.6) is 0 Å². The Morgan fingerprint density at radius 1 is 1.20 bits per heavy atom. The second-order valence-electron chi connectivity index (χ2n) is 3.60. The van der Waals surface area contributed by atoms with Gasteiger partial charge in [0, 0.05) is 26.2 Å². The summed E-state index contributed by atoms with van der Waals surface area (Å²) >= 11 is 11.8. The van der Waals surface area contributed by atoms with Gasteiger partial charge < -0.3 is 9.80 Å². The zero-order valence-corrected chi connectivity index (χ0v) is 9.96. The lowest BCUT2D eigenvalue weighted by atomic mass is 10.3. The molecule has 0 bridgehead atoms. The van der Waals surface area contributed by atoms with E-state index in [1.165, 1.54) is 0 Å². The van der Waals surface area contributed by atoms with Crippen LogP contribution in [0.1, 0.15) is 0 Å². The van der Waals surface area contributed by atoms with Crippen LogP contribution in [0.4, 0.5) is 5.82 Å². The van der Waals surface area contributed by atoms with E-state index in [2.05, 4.69) is 26.8 Å². The van der Waals surface area contributed by atoms with Crippen LogP contribution < -0.4 is 4.90 Å². The zero-order chi connectivity index (χ0) is 10.8. The fourth-order valence-electron chi connectivity index (χ4n) is 1.58. The molecule has 15 heavy (non-hydrogen) atoms. The Labute approximate surface area is 98.8 Å². The van der Waals surface area contributed by atoms with Gasteiger partial charge in [0.25, 0.3) is 0 Å². The van der Waals surface area contributed by atoms with Crippen LogP contribution in [0.2, 0.25) is 10.3 Å². The van der Waals surface area contributed by atoms with Gasteiger partial charge in [0.15, 0.2) is 5.82 Å². The molecular weight excluding hydrogens is 235 g/mol. The molecule has 2 rings (SSSR count). The van der Waals surface area contributed by atoms with Gasteiger partial charge >= 0.3 is 0 Å². The Hall–Kier alpha value is -0.580. The number of piperazine rings is 1. The standard InChI is InChI=1S/C9H12Cl2N4/c1-14-2-4-15(5-3-14)8-7(10)6-12-9(11)13-8/h6H,2-5H2,1H3. The first kappa shape index (κ1) is 10.9. The van der Waals surface area contributed by atoms with Gasteiger partial charge in [-0.05, 0) is 18.6 Å². The molecule has 6 heteroatoms. The average Bonchev–Trinajstić information content (AvgIpc) is 2.23. The van der Waals surface area contributed by atoms with Crippen molar-refractivity contribution in [2.45, 2.75) is 0 Å². The summed E-state index contributed by atoms with van der Waals surface area (Å²) in [4.78, 5) is 12.4. The molecule has 0 radical (unpaired) electrons. The third-order valence-electron chi connectivity index (χ3n) is 2.50. The van der Waals surface area contributed by atoms with Crippen molar-refractivity contribution in [2.24, 2.45) is 0 Å². The van der Waals surface area contributed by atoms with Crippen molar-refractivity contribution in [3.63, 3.8) is 0 Å². The van der Waals surface area contributed by atoms with E-state index in [9.17, 15) is 0 Å². The minimum Gasteiger partial charge on any atom is -0.353 e. The quantitative estimate of drug-likeness (QED) is 0.704. The Bertz CT molecular complexity index is 350. The lowest BCUT2D eigenvalue weighted by Crippen LogP contribution is -2.45. The molecule has 1 aromatic heterocycles. The van der Waals surface area contributed by atoms with Gasteiger partial charge in [-0.1, -0.05) is 11.6 Å². The highest BCUT2D eigenvalue weighted by molar-refractivity contribution is 6.33. The maximum atomic E-state index is 6.03. The minimum atomic E-state index is 0.244. The molecule has 2 heterocycles. The second kappa shape index (κ2) is 4.51. The molecule has 0 amide bonds. The number of hydrogen-bond acceptors (Lipinski definition) is 4. The van der Waals surface area contributed by atoms with Crippen molar-refractivity contribution < 1.29 is 0 Å². The molecule has 0 aromatic carbocycles. The third kappa shape index (κ3) is 2.51. The van der Waals surface area contributed by atoms with Crippen molar-refractivity contribution in [3.05, 3.63) is 16.5 Å². The van der Waals surface area contributed by atoms with Gasteiger partial charge in [0.1, 0.15) is 5.02 Å². The van der Waals surface area contributed by atoms with Crippen molar-refractivity contribution in [3.8, 4) is 0 Å². The monoisotopic (exact) mass is 246 g/mol. The van der Waals surface area contributed by atoms with E-state index in [-0.39, 0.29) is 5.28 Å². The SMILES string of the molecule is CN1CCN(c2nc(Cl)ncc2Cl)CC1. The molecule has 1 fully saturated rings. The summed E-state index contributed by atoms with van der Waals surface area (Å²) in [5.74, 6) is 0.741. The number of rotatable bonds is 1. The fraction of sp³-hybridized carbons (Fsp3) is 0.556. The summed E-state index contributed by atoms with van der Waals surface area (Å²) in [6.45, 7) is 3.86. The van der Waals surface area contributed by atoms with Gasteiger partial charge in [-0.3, -0.25) is 0 Å². The van der Waals surface area contributed by atoms with Gasteiger partial charge in [0.2, 0.25) is 5.28 Å². The van der Waals surface area contributed by atoms with E-state index in [0.29, 0.717) is 5.02 Å². The van der Waals surface area contributed by atoms with Crippen LogP contribution in [0, 0.1) is 0 Å². The third-order valence-corrected chi connectivity index (χ3v) is 2.95. The molecule has 1 saturated heterocycles. The van der Waals surface area contributed by atoms with Gasteiger partial charge in [0.05, 0.1) is 6.20 Å². The van der Waals surface area contributed by atoms with E-state index in [0.717, 1.165) is 32.0 Å². The maximum absolute atomic E-state index is 6.03. The highest BCUT2D eigenvalue weighted by Gasteiger charge is 2.18. The largest absolute Gasteiger partial charge is 0.353 e. The maximum Gasteiger partial charge on any atom is 0.224 e. The fourth-order valence-corrected chi connectivity index (χ4v) is 1.92. The van der Waals surface area contributed by atoms with E-state index in [1.54, 1.807) is 6.20 Å². The highest BCUT2D eigenvalue weighted by Crippen LogP contribution is 2.24. The molecule has 0 spiro atoms. The lowest BCUT2D eigenvalue weighted by molar-refractivity contribution is 0.312. The minimum absolute atomic E-state index is 0.244. The highest BCUT2D eigenvalue weighted by atomic mass is 35.5. The Kier molecular flexibility index (Phi) is 3.29. The molecule has 1 aliphatic rings. The number of likely N-dealkylation sites (N-methyl/N-ethyl adjacent to an activating group) is 1. The first-order valence-corrected chi connectivity index (χ1v) is 5.54. The number of hydrogen-bond donors (Lipinski definition) is 0. The lowest BCUT2D eigenvalue weighted by Gasteiger charge is -2.33. The summed E-state index contributed by atoms with van der Waals surface area (Å²) in [5.41, 5.74) is 0. The van der Waals surface area contributed by atoms with Gasteiger partial charge in [-0.2, -0.15) is 4.98 Å². The Balaban J connectivity index is 2.18. The normalized spacial score (nSPS) is 18.2. The Morgan fingerprint density at radius 3 is 2.53 bits per heavy atom. The summed E-state index contributed by atoms with van der Waals surface area (Å²) in [6.07, 6.45) is 1.55. The van der Waals surface area contributed by atoms with Crippen molar-refractivity contribution in [2.75, 3.05) is 38.1 Å². The van der Waals surface area contributed by atoms with Crippen LogP contribution >= 0.6 is 23.2 Å². The first-order chi connectivity index (χ1) is 7.16. The van der Waals surface area contributed by atoms with E-state index in [4.69, 9.17) is 23.2 Å². The molecule has 1 aliphatic heterocycles. The van der Waals surface area contributed by atoms with Crippen LogP contribution in [-0.4, -0.2) is 48.1 Å². The Morgan fingerprint density at radius 2 is 1.87 bits per heavy atom. The van der Waals surface area contributed by atoms with Crippen LogP contribution in [0.3, 0.4) is 0 Å². The predicted molar refractivity (Wildman–Crippen MR) is 61.8 cm³/mol. The first-order valence-electron chi connectivity index (χ1n) is 4.78. The summed E-state index contributed by atoms with van der Waals surface area (Å²) < 4.78 is 0. The molecule has 0 unspecified atom stereocenters. The van der Waals surface area contributed by atoms with Crippen molar-refractivity contribution >= 4 is 29.0 Å². The van der Waals surface area contributed by atoms with Crippen LogP contribution in [-0.2, 0) is 0 Å². The number of anilines is 1. The van der Waals surface area contributed by atoms with Gasteiger partial charge in [-0.15, -0.1) is 0 Å². The molecule has 0 aliphatic carbocycles. The number of aromatic nitrogens is 2. The number of halogens is 2. The van der Waals surface area contributed by atoms with Crippen molar-refractivity contribution in [1.29, 1.82) is 0 Å². The molecule has 4 nitrogen and oxygen atoms in total. The summed E-state index contributed by atoms with van der Waals surface area (Å²) in [7, 11) is 2.10. The van der Waals surface area contributed by atoms with Gasteiger partial charge in [-0.25, -0.2) is 4.98 Å². The molecule has 0 N–H and O–H groups in total. The van der Waals surface area contributed by atoms with Crippen molar-refractivity contribution in [1.82, 2.24) is 14.9 Å². The van der Waals surface area contributed by atoms with Crippen LogP contribution in [0.15, 0.2) is 6.20 Å². The molecule has 1 aromatic rings. The van der Waals surface area contributed by atoms with E-state index < -0.39 is 0 Å². The number of nitrogens with zero attached hydrogens (tertiary/aromatic N) is 4. The van der Waals surface area contributed by atoms with E-state index in [1.807, 2.05) is 0 Å². The molecule has 0 saturated carbocycles. The molecule has 0 atom stereocenters. The van der Waals surface area contributed by atoms with E-state index >= 15 is 0 Å². The van der Waals surface area contributed by atoms with Crippen LogP contribution in [0.25, 0.3) is 0 Å². The summed E-state index contributed by atoms with van der Waals surface area (Å²) in [6, 6.07) is 0. The second-order valence-corrected chi connectivity index (χ2v) is 4.35. The molecular formula is C9H12Cl2N4. The molecule has 82 valence electrons. The summed E-state index contributed by atoms with van der Waals surface area (Å²) in [5, 5.41) is 0.803. The smallest absolute Gasteiger partial charge is 0.224 e. The average molecular weight is 247 g/mol. The topological polar surface area (TPSA) is 32.3 Å². The predicted octanol–water partition coefficient (Wildman–Crippen LogP) is 1.54. The zero-order valence-electron chi connectivity index (χ0n) is 8.45.